The molecule has 1 spiro atoms. The number of nitrogens with one attached hydrogen (secondary N) is 1. The van der Waals surface area contributed by atoms with Gasteiger partial charge in [0.1, 0.15) is 5.71 Å². The molecule has 8 heteroatoms. The van der Waals surface area contributed by atoms with E-state index in [2.05, 4.69) is 10.5 Å². The number of fused-ring (bicyclic) bond motifs is 2. The molecule has 31 heavy (non-hydrogen) atoms. The van der Waals surface area contributed by atoms with Crippen LogP contribution < -0.4 is 5.32 Å². The molecule has 0 saturated carbocycles. The molecular formula is C23H15N3O5. The molecule has 0 aromatic heterocycles. The summed E-state index contributed by atoms with van der Waals surface area (Å²) in [6.07, 6.45) is -1.22. The van der Waals surface area contributed by atoms with E-state index in [9.17, 15) is 19.7 Å². The minimum absolute atomic E-state index is 0.0921. The summed E-state index contributed by atoms with van der Waals surface area (Å²) in [6, 6.07) is 21.3. The standard InChI is InChI=1S/C23H15N3O5/c27-19(14-6-2-1-3-7-14)21-23(17-8-4-5-9-18(17)24-22(23)28)20(25-31-21)15-10-12-16(13-11-15)26(29)30/h1-13,21H,(H,24,28)/t21-,23-/m0/s1. The molecule has 0 radical (unpaired) electrons. The lowest BCUT2D eigenvalue weighted by Crippen LogP contribution is -2.52. The summed E-state index contributed by atoms with van der Waals surface area (Å²) >= 11 is 0. The molecule has 5 rings (SSSR count). The summed E-state index contributed by atoms with van der Waals surface area (Å²) in [5.41, 5.74) is 0.622. The molecule has 3 aromatic rings. The fraction of sp³-hybridized carbons (Fsp3) is 0.0870. The lowest BCUT2D eigenvalue weighted by molar-refractivity contribution is -0.384. The van der Waals surface area contributed by atoms with E-state index in [1.165, 1.54) is 24.3 Å². The number of nitro benzene ring substituents is 1. The minimum Gasteiger partial charge on any atom is -0.382 e. The third kappa shape index (κ3) is 2.65. The van der Waals surface area contributed by atoms with Crippen LogP contribution in [0.3, 0.4) is 0 Å². The number of nitrogens with zero attached hydrogens (tertiary/aromatic N) is 2. The van der Waals surface area contributed by atoms with E-state index >= 15 is 0 Å². The minimum atomic E-state index is -1.51. The maximum absolute atomic E-state index is 13.4. The van der Waals surface area contributed by atoms with Crippen molar-refractivity contribution in [3.05, 3.63) is 106 Å². The van der Waals surface area contributed by atoms with E-state index in [0.29, 0.717) is 22.4 Å². The van der Waals surface area contributed by atoms with Crippen molar-refractivity contribution in [1.29, 1.82) is 0 Å². The Kier molecular flexibility index (Phi) is 4.14. The first-order valence-electron chi connectivity index (χ1n) is 9.53. The summed E-state index contributed by atoms with van der Waals surface area (Å²) in [5.74, 6) is -0.814. The maximum atomic E-state index is 13.4. The number of ketones is 1. The molecule has 2 aliphatic rings. The number of anilines is 1. The summed E-state index contributed by atoms with van der Waals surface area (Å²) in [5, 5.41) is 18.0. The van der Waals surface area contributed by atoms with Gasteiger partial charge in [-0.1, -0.05) is 53.7 Å². The highest BCUT2D eigenvalue weighted by atomic mass is 16.6. The number of oxime groups is 1. The van der Waals surface area contributed by atoms with Crippen molar-refractivity contribution in [2.75, 3.05) is 5.32 Å². The van der Waals surface area contributed by atoms with Crippen LogP contribution >= 0.6 is 0 Å². The largest absolute Gasteiger partial charge is 0.382 e. The molecule has 0 unspecified atom stereocenters. The Balaban J connectivity index is 1.69. The Hall–Kier alpha value is -4.33. The van der Waals surface area contributed by atoms with Crippen LogP contribution in [0.4, 0.5) is 11.4 Å². The number of hydrogen-bond acceptors (Lipinski definition) is 6. The first-order chi connectivity index (χ1) is 15.0. The van der Waals surface area contributed by atoms with Gasteiger partial charge in [-0.25, -0.2) is 0 Å². The van der Waals surface area contributed by atoms with Gasteiger partial charge in [-0.05, 0) is 18.2 Å². The molecule has 0 saturated heterocycles. The second-order valence-electron chi connectivity index (χ2n) is 7.27. The molecule has 2 aliphatic heterocycles. The van der Waals surface area contributed by atoms with Crippen LogP contribution in [0.2, 0.25) is 0 Å². The summed E-state index contributed by atoms with van der Waals surface area (Å²) in [4.78, 5) is 43.0. The molecule has 3 aromatic carbocycles. The van der Waals surface area contributed by atoms with Gasteiger partial charge in [0.25, 0.3) is 5.69 Å². The molecule has 8 nitrogen and oxygen atoms in total. The zero-order valence-electron chi connectivity index (χ0n) is 16.0. The van der Waals surface area contributed by atoms with Crippen LogP contribution in [0.1, 0.15) is 21.5 Å². The molecule has 0 fully saturated rings. The topological polar surface area (TPSA) is 111 Å². The van der Waals surface area contributed by atoms with E-state index in [1.54, 1.807) is 54.6 Å². The molecule has 0 aliphatic carbocycles. The number of para-hydroxylation sites is 1. The number of carbonyl (C=O) groups is 2. The third-order valence-corrected chi connectivity index (χ3v) is 5.62. The molecule has 2 atom stereocenters. The number of non-ortho nitro benzene ring substituents is 1. The van der Waals surface area contributed by atoms with Gasteiger partial charge in [-0.15, -0.1) is 0 Å². The number of benzene rings is 3. The van der Waals surface area contributed by atoms with Gasteiger partial charge in [0, 0.05) is 34.5 Å². The van der Waals surface area contributed by atoms with Crippen LogP contribution in [0.15, 0.2) is 84.0 Å². The van der Waals surface area contributed by atoms with Crippen LogP contribution in [-0.4, -0.2) is 28.4 Å². The highest BCUT2D eigenvalue weighted by Crippen LogP contribution is 2.48. The fourth-order valence-corrected chi connectivity index (χ4v) is 4.17. The first-order valence-corrected chi connectivity index (χ1v) is 9.53. The monoisotopic (exact) mass is 413 g/mol. The maximum Gasteiger partial charge on any atom is 0.269 e. The van der Waals surface area contributed by atoms with Crippen molar-refractivity contribution >= 4 is 28.8 Å². The smallest absolute Gasteiger partial charge is 0.269 e. The van der Waals surface area contributed by atoms with Crippen molar-refractivity contribution in [3.63, 3.8) is 0 Å². The zero-order valence-corrected chi connectivity index (χ0v) is 16.0. The van der Waals surface area contributed by atoms with Gasteiger partial charge in [0.05, 0.1) is 4.92 Å². The average Bonchev–Trinajstić information content (AvgIpc) is 3.33. The van der Waals surface area contributed by atoms with Crippen LogP contribution in [0.5, 0.6) is 0 Å². The van der Waals surface area contributed by atoms with Crippen molar-refractivity contribution in [2.45, 2.75) is 11.5 Å². The van der Waals surface area contributed by atoms with E-state index in [4.69, 9.17) is 4.84 Å². The summed E-state index contributed by atoms with van der Waals surface area (Å²) < 4.78 is 0. The average molecular weight is 413 g/mol. The molecule has 1 amide bonds. The second kappa shape index (κ2) is 6.88. The Morgan fingerprint density at radius 3 is 2.39 bits per heavy atom. The van der Waals surface area contributed by atoms with Gasteiger partial charge in [0.2, 0.25) is 17.8 Å². The predicted molar refractivity (Wildman–Crippen MR) is 112 cm³/mol. The normalized spacial score (nSPS) is 21.2. The van der Waals surface area contributed by atoms with Gasteiger partial charge < -0.3 is 10.2 Å². The number of amides is 1. The van der Waals surface area contributed by atoms with Crippen molar-refractivity contribution in [2.24, 2.45) is 5.16 Å². The summed E-state index contributed by atoms with van der Waals surface area (Å²) in [6.45, 7) is 0. The van der Waals surface area contributed by atoms with E-state index in [-0.39, 0.29) is 17.2 Å². The quantitative estimate of drug-likeness (QED) is 0.400. The summed E-state index contributed by atoms with van der Waals surface area (Å²) in [7, 11) is 0. The van der Waals surface area contributed by atoms with Crippen molar-refractivity contribution < 1.29 is 19.3 Å². The fourth-order valence-electron chi connectivity index (χ4n) is 4.17. The number of rotatable bonds is 4. The van der Waals surface area contributed by atoms with E-state index < -0.39 is 22.3 Å². The Labute approximate surface area is 176 Å². The van der Waals surface area contributed by atoms with Crippen molar-refractivity contribution in [1.82, 2.24) is 0 Å². The van der Waals surface area contributed by atoms with Gasteiger partial charge >= 0.3 is 0 Å². The highest BCUT2D eigenvalue weighted by molar-refractivity contribution is 6.31. The third-order valence-electron chi connectivity index (χ3n) is 5.62. The number of Topliss-reactive ketones (excluding diaryl/α,β-unsaturated/α-hetero) is 1. The number of nitro groups is 1. The lowest BCUT2D eigenvalue weighted by atomic mass is 9.69. The van der Waals surface area contributed by atoms with E-state index in [0.717, 1.165) is 0 Å². The molecular weight excluding hydrogens is 398 g/mol. The molecule has 152 valence electrons. The van der Waals surface area contributed by atoms with Crippen LogP contribution in [-0.2, 0) is 15.0 Å². The van der Waals surface area contributed by atoms with Crippen LogP contribution in [0.25, 0.3) is 0 Å². The van der Waals surface area contributed by atoms with Gasteiger partial charge in [-0.3, -0.25) is 19.7 Å². The Morgan fingerprint density at radius 1 is 1.00 bits per heavy atom. The first kappa shape index (κ1) is 18.7. The lowest BCUT2D eigenvalue weighted by Gasteiger charge is -2.27. The van der Waals surface area contributed by atoms with Gasteiger partial charge in [-0.2, -0.15) is 0 Å². The Bertz CT molecular complexity index is 1250. The highest BCUT2D eigenvalue weighted by Gasteiger charge is 2.63. The molecule has 1 N–H and O–H groups in total. The van der Waals surface area contributed by atoms with Gasteiger partial charge in [0.15, 0.2) is 5.41 Å². The number of carbonyl (C=O) groups excluding carboxylic acids is 2. The van der Waals surface area contributed by atoms with Crippen molar-refractivity contribution in [3.8, 4) is 0 Å². The zero-order chi connectivity index (χ0) is 21.6. The predicted octanol–water partition coefficient (Wildman–Crippen LogP) is 3.47. The SMILES string of the molecule is O=C(c1ccccc1)[C@@H]1ON=C(c2ccc([N+](=O)[O-])cc2)[C@]12C(=O)Nc1ccccc12. The second-order valence-corrected chi connectivity index (χ2v) is 7.27. The Morgan fingerprint density at radius 2 is 1.68 bits per heavy atom. The van der Waals surface area contributed by atoms with Crippen LogP contribution in [0, 0.1) is 10.1 Å². The molecule has 2 heterocycles. The number of hydrogen-bond donors (Lipinski definition) is 1. The molecule has 0 bridgehead atoms. The van der Waals surface area contributed by atoms with E-state index in [1.807, 2.05) is 0 Å².